The summed E-state index contributed by atoms with van der Waals surface area (Å²) in [6, 6.07) is 15.3. The fourth-order valence-corrected chi connectivity index (χ4v) is 1.64. The lowest BCUT2D eigenvalue weighted by Gasteiger charge is -1.99. The monoisotopic (exact) mass is 268 g/mol. The molecule has 2 aromatic rings. The molecule has 4 heteroatoms. The highest BCUT2D eigenvalue weighted by Gasteiger charge is 1.92. The molecule has 0 fully saturated rings. The average molecular weight is 268 g/mol. The van der Waals surface area contributed by atoms with Gasteiger partial charge in [-0.2, -0.15) is 10.2 Å². The van der Waals surface area contributed by atoms with Crippen molar-refractivity contribution < 1.29 is 9.47 Å². The summed E-state index contributed by atoms with van der Waals surface area (Å²) in [6.45, 7) is 0. The Balaban J connectivity index is 2.02. The van der Waals surface area contributed by atoms with Gasteiger partial charge >= 0.3 is 0 Å². The van der Waals surface area contributed by atoms with E-state index < -0.39 is 0 Å². The number of ether oxygens (including phenoxy) is 2. The number of methoxy groups -OCH3 is 2. The summed E-state index contributed by atoms with van der Waals surface area (Å²) in [5.41, 5.74) is 1.87. The third-order valence-corrected chi connectivity index (χ3v) is 2.67. The lowest BCUT2D eigenvalue weighted by Crippen LogP contribution is -1.86. The van der Waals surface area contributed by atoms with Gasteiger partial charge in [0.2, 0.25) is 0 Å². The zero-order valence-electron chi connectivity index (χ0n) is 11.5. The third-order valence-electron chi connectivity index (χ3n) is 2.67. The molecule has 0 radical (unpaired) electrons. The van der Waals surface area contributed by atoms with Crippen LogP contribution in [0.25, 0.3) is 0 Å². The first kappa shape index (κ1) is 13.8. The smallest absolute Gasteiger partial charge is 0.119 e. The predicted molar refractivity (Wildman–Crippen MR) is 81.2 cm³/mol. The van der Waals surface area contributed by atoms with Gasteiger partial charge in [-0.1, -0.05) is 24.3 Å². The minimum atomic E-state index is 0.797. The third kappa shape index (κ3) is 3.95. The molecule has 0 spiro atoms. The van der Waals surface area contributed by atoms with Crippen molar-refractivity contribution in [2.45, 2.75) is 0 Å². The Hall–Kier alpha value is -2.62. The van der Waals surface area contributed by atoms with E-state index in [-0.39, 0.29) is 0 Å². The van der Waals surface area contributed by atoms with Crippen molar-refractivity contribution in [3.05, 3.63) is 59.7 Å². The van der Waals surface area contributed by atoms with Crippen molar-refractivity contribution >= 4 is 12.4 Å². The van der Waals surface area contributed by atoms with Crippen molar-refractivity contribution in [2.75, 3.05) is 14.2 Å². The van der Waals surface area contributed by atoms with E-state index in [1.54, 1.807) is 26.6 Å². The van der Waals surface area contributed by atoms with Crippen LogP contribution in [0.3, 0.4) is 0 Å². The molecule has 0 saturated carbocycles. The molecule has 2 aromatic carbocycles. The molecule has 20 heavy (non-hydrogen) atoms. The van der Waals surface area contributed by atoms with Crippen LogP contribution < -0.4 is 9.47 Å². The molecular formula is C16H16N2O2. The van der Waals surface area contributed by atoms with Crippen LogP contribution in [-0.4, -0.2) is 26.6 Å². The van der Waals surface area contributed by atoms with Gasteiger partial charge in [0.05, 0.1) is 26.6 Å². The summed E-state index contributed by atoms with van der Waals surface area (Å²) in [6.07, 6.45) is 3.36. The Kier molecular flexibility index (Phi) is 4.89. The summed E-state index contributed by atoms with van der Waals surface area (Å²) in [7, 11) is 3.27. The Bertz CT molecular complexity index is 566. The molecular weight excluding hydrogens is 252 g/mol. The molecule has 2 rings (SSSR count). The first-order valence-corrected chi connectivity index (χ1v) is 6.16. The lowest BCUT2D eigenvalue weighted by molar-refractivity contribution is 0.414. The summed E-state index contributed by atoms with van der Waals surface area (Å²) in [4.78, 5) is 0. The van der Waals surface area contributed by atoms with E-state index in [4.69, 9.17) is 9.47 Å². The molecule has 4 nitrogen and oxygen atoms in total. The Labute approximate surface area is 118 Å². The van der Waals surface area contributed by atoms with E-state index in [0.29, 0.717) is 0 Å². The van der Waals surface area contributed by atoms with E-state index in [1.807, 2.05) is 48.5 Å². The number of rotatable bonds is 5. The molecule has 0 aliphatic heterocycles. The Morgan fingerprint density at radius 2 is 1.20 bits per heavy atom. The van der Waals surface area contributed by atoms with Gasteiger partial charge in [-0.3, -0.25) is 0 Å². The van der Waals surface area contributed by atoms with Crippen LogP contribution in [0.1, 0.15) is 11.1 Å². The number of nitrogens with zero attached hydrogens (tertiary/aromatic N) is 2. The standard InChI is InChI=1S/C16H16N2O2/c1-19-15-7-3-5-13(9-15)11-17-18-12-14-6-4-8-16(10-14)20-2/h3-12H,1-2H3. The van der Waals surface area contributed by atoms with E-state index in [1.165, 1.54) is 0 Å². The summed E-state index contributed by atoms with van der Waals surface area (Å²) >= 11 is 0. The van der Waals surface area contributed by atoms with Crippen LogP contribution >= 0.6 is 0 Å². The van der Waals surface area contributed by atoms with Crippen LogP contribution in [0, 0.1) is 0 Å². The molecule has 102 valence electrons. The maximum atomic E-state index is 5.14. The molecule has 0 aromatic heterocycles. The zero-order valence-corrected chi connectivity index (χ0v) is 11.5. The highest BCUT2D eigenvalue weighted by molar-refractivity contribution is 5.83. The molecule has 0 atom stereocenters. The van der Waals surface area contributed by atoms with Crippen LogP contribution in [0.2, 0.25) is 0 Å². The number of hydrogen-bond acceptors (Lipinski definition) is 4. The van der Waals surface area contributed by atoms with Crippen molar-refractivity contribution in [3.8, 4) is 11.5 Å². The molecule has 0 heterocycles. The van der Waals surface area contributed by atoms with Gasteiger partial charge in [0.1, 0.15) is 11.5 Å². The van der Waals surface area contributed by atoms with Crippen LogP contribution in [0.5, 0.6) is 11.5 Å². The van der Waals surface area contributed by atoms with Crippen molar-refractivity contribution in [2.24, 2.45) is 10.2 Å². The molecule has 0 bridgehead atoms. The normalized spacial score (nSPS) is 11.1. The topological polar surface area (TPSA) is 43.2 Å². The van der Waals surface area contributed by atoms with Crippen LogP contribution in [-0.2, 0) is 0 Å². The molecule has 0 aliphatic rings. The van der Waals surface area contributed by atoms with E-state index in [9.17, 15) is 0 Å². The fourth-order valence-electron chi connectivity index (χ4n) is 1.64. The van der Waals surface area contributed by atoms with E-state index in [0.717, 1.165) is 22.6 Å². The quantitative estimate of drug-likeness (QED) is 0.617. The predicted octanol–water partition coefficient (Wildman–Crippen LogP) is 3.16. The number of benzene rings is 2. The van der Waals surface area contributed by atoms with Gasteiger partial charge in [0.15, 0.2) is 0 Å². The maximum absolute atomic E-state index is 5.14. The van der Waals surface area contributed by atoms with Crippen LogP contribution in [0.4, 0.5) is 0 Å². The van der Waals surface area contributed by atoms with Gasteiger partial charge in [-0.25, -0.2) is 0 Å². The van der Waals surface area contributed by atoms with Crippen molar-refractivity contribution in [3.63, 3.8) is 0 Å². The highest BCUT2D eigenvalue weighted by atomic mass is 16.5. The lowest BCUT2D eigenvalue weighted by atomic mass is 10.2. The highest BCUT2D eigenvalue weighted by Crippen LogP contribution is 2.11. The van der Waals surface area contributed by atoms with Crippen molar-refractivity contribution in [1.29, 1.82) is 0 Å². The largest absolute Gasteiger partial charge is 0.497 e. The fraction of sp³-hybridized carbons (Fsp3) is 0.125. The summed E-state index contributed by atoms with van der Waals surface area (Å²) in [5.74, 6) is 1.59. The minimum Gasteiger partial charge on any atom is -0.497 e. The second kappa shape index (κ2) is 7.09. The first-order chi connectivity index (χ1) is 9.81. The zero-order chi connectivity index (χ0) is 14.2. The second-order valence-corrected chi connectivity index (χ2v) is 4.04. The van der Waals surface area contributed by atoms with Gasteiger partial charge in [0, 0.05) is 0 Å². The van der Waals surface area contributed by atoms with Gasteiger partial charge in [-0.05, 0) is 35.4 Å². The maximum Gasteiger partial charge on any atom is 0.119 e. The van der Waals surface area contributed by atoms with Gasteiger partial charge in [0.25, 0.3) is 0 Å². The SMILES string of the molecule is COc1cccc(C=NN=Cc2cccc(OC)c2)c1. The summed E-state index contributed by atoms with van der Waals surface area (Å²) in [5, 5.41) is 8.03. The Morgan fingerprint density at radius 3 is 1.60 bits per heavy atom. The molecule has 0 saturated heterocycles. The molecule has 0 aliphatic carbocycles. The minimum absolute atomic E-state index is 0.797. The van der Waals surface area contributed by atoms with Crippen LogP contribution in [0.15, 0.2) is 58.7 Å². The molecule has 0 unspecified atom stereocenters. The number of hydrogen-bond donors (Lipinski definition) is 0. The first-order valence-electron chi connectivity index (χ1n) is 6.16. The van der Waals surface area contributed by atoms with Gasteiger partial charge in [-0.15, -0.1) is 0 Å². The molecule has 0 amide bonds. The van der Waals surface area contributed by atoms with Gasteiger partial charge < -0.3 is 9.47 Å². The average Bonchev–Trinajstić information content (AvgIpc) is 2.52. The van der Waals surface area contributed by atoms with Crippen molar-refractivity contribution in [1.82, 2.24) is 0 Å². The second-order valence-electron chi connectivity index (χ2n) is 4.04. The summed E-state index contributed by atoms with van der Waals surface area (Å²) < 4.78 is 10.3. The van der Waals surface area contributed by atoms with E-state index in [2.05, 4.69) is 10.2 Å². The Morgan fingerprint density at radius 1 is 0.750 bits per heavy atom. The molecule has 0 N–H and O–H groups in total. The van der Waals surface area contributed by atoms with E-state index >= 15 is 0 Å².